The van der Waals surface area contributed by atoms with Crippen molar-refractivity contribution in [3.63, 3.8) is 0 Å². The molecule has 0 spiro atoms. The third kappa shape index (κ3) is 5.74. The maximum atomic E-state index is 11.6. The molecule has 0 aliphatic rings. The van der Waals surface area contributed by atoms with E-state index in [9.17, 15) is 4.79 Å². The summed E-state index contributed by atoms with van der Waals surface area (Å²) in [5, 5.41) is 11.9. The lowest BCUT2D eigenvalue weighted by atomic mass is 9.92. The second kappa shape index (κ2) is 6.07. The summed E-state index contributed by atoms with van der Waals surface area (Å²) >= 11 is 1.35. The van der Waals surface area contributed by atoms with Gasteiger partial charge in [-0.3, -0.25) is 4.79 Å². The lowest BCUT2D eigenvalue weighted by molar-refractivity contribution is -0.117. The Balaban J connectivity index is 2.46. The second-order valence-electron chi connectivity index (χ2n) is 4.92. The number of hydrogen-bond acceptors (Lipinski definition) is 5. The molecule has 0 aliphatic heterocycles. The highest BCUT2D eigenvalue weighted by Gasteiger charge is 2.17. The zero-order valence-corrected chi connectivity index (χ0v) is 11.6. The molecular weight excluding hydrogens is 238 g/mol. The van der Waals surface area contributed by atoms with Crippen LogP contribution in [0, 0.1) is 5.41 Å². The number of carbonyl (C=O) groups is 1. The van der Waals surface area contributed by atoms with Gasteiger partial charge in [-0.1, -0.05) is 32.1 Å². The van der Waals surface area contributed by atoms with Gasteiger partial charge >= 0.3 is 0 Å². The predicted molar refractivity (Wildman–Crippen MR) is 67.9 cm³/mol. The Morgan fingerprint density at radius 3 is 2.71 bits per heavy atom. The van der Waals surface area contributed by atoms with E-state index in [1.165, 1.54) is 11.3 Å². The molecule has 6 heteroatoms. The standard InChI is InChI=1S/C11H19N3O2S/c1-5-16-7-9-13-14-10(17-9)12-8(15)6-11(2,3)4/h5-7H2,1-4H3,(H,12,14,15). The Labute approximate surface area is 106 Å². The van der Waals surface area contributed by atoms with E-state index in [1.807, 2.05) is 27.7 Å². The van der Waals surface area contributed by atoms with Crippen molar-refractivity contribution in [2.24, 2.45) is 5.41 Å². The number of carbonyl (C=O) groups excluding carboxylic acids is 1. The minimum absolute atomic E-state index is 0.0249. The number of anilines is 1. The van der Waals surface area contributed by atoms with Gasteiger partial charge in [-0.15, -0.1) is 10.2 Å². The summed E-state index contributed by atoms with van der Waals surface area (Å²) < 4.78 is 5.21. The van der Waals surface area contributed by atoms with Gasteiger partial charge in [0.05, 0.1) is 0 Å². The minimum Gasteiger partial charge on any atom is -0.374 e. The minimum atomic E-state index is -0.0309. The second-order valence-corrected chi connectivity index (χ2v) is 5.99. The Bertz CT molecular complexity index is 371. The number of hydrogen-bond donors (Lipinski definition) is 1. The van der Waals surface area contributed by atoms with Crippen LogP contribution in [0.1, 0.15) is 39.1 Å². The lowest BCUT2D eigenvalue weighted by Gasteiger charge is -2.16. The summed E-state index contributed by atoms with van der Waals surface area (Å²) in [7, 11) is 0. The summed E-state index contributed by atoms with van der Waals surface area (Å²) in [5.74, 6) is -0.0309. The van der Waals surface area contributed by atoms with E-state index in [-0.39, 0.29) is 11.3 Å². The molecular formula is C11H19N3O2S. The first kappa shape index (κ1) is 14.1. The van der Waals surface area contributed by atoms with E-state index in [1.54, 1.807) is 0 Å². The molecule has 5 nitrogen and oxygen atoms in total. The van der Waals surface area contributed by atoms with E-state index in [4.69, 9.17) is 4.74 Å². The van der Waals surface area contributed by atoms with Crippen LogP contribution in [-0.4, -0.2) is 22.7 Å². The van der Waals surface area contributed by atoms with Crippen molar-refractivity contribution in [1.82, 2.24) is 10.2 Å². The number of nitrogens with one attached hydrogen (secondary N) is 1. The summed E-state index contributed by atoms with van der Waals surface area (Å²) in [6, 6.07) is 0. The van der Waals surface area contributed by atoms with E-state index < -0.39 is 0 Å². The molecule has 0 fully saturated rings. The molecule has 0 saturated heterocycles. The molecule has 0 bridgehead atoms. The van der Waals surface area contributed by atoms with Crippen LogP contribution >= 0.6 is 11.3 Å². The van der Waals surface area contributed by atoms with Crippen molar-refractivity contribution < 1.29 is 9.53 Å². The molecule has 0 atom stereocenters. The zero-order chi connectivity index (χ0) is 12.9. The number of ether oxygens (including phenoxy) is 1. The Morgan fingerprint density at radius 2 is 2.12 bits per heavy atom. The van der Waals surface area contributed by atoms with Gasteiger partial charge in [0.2, 0.25) is 11.0 Å². The van der Waals surface area contributed by atoms with Gasteiger partial charge in [0.1, 0.15) is 11.6 Å². The number of amides is 1. The summed E-state index contributed by atoms with van der Waals surface area (Å²) in [6.07, 6.45) is 0.466. The van der Waals surface area contributed by atoms with E-state index >= 15 is 0 Å². The van der Waals surface area contributed by atoms with Gasteiger partial charge in [0.25, 0.3) is 0 Å². The zero-order valence-electron chi connectivity index (χ0n) is 10.7. The van der Waals surface area contributed by atoms with Gasteiger partial charge < -0.3 is 10.1 Å². The van der Waals surface area contributed by atoms with Crippen LogP contribution < -0.4 is 5.32 Å². The molecule has 1 aromatic rings. The molecule has 1 amide bonds. The number of nitrogens with zero attached hydrogens (tertiary/aromatic N) is 2. The van der Waals surface area contributed by atoms with Crippen molar-refractivity contribution in [3.05, 3.63) is 5.01 Å². The number of aromatic nitrogens is 2. The smallest absolute Gasteiger partial charge is 0.226 e. The number of rotatable bonds is 5. The van der Waals surface area contributed by atoms with E-state index in [2.05, 4.69) is 15.5 Å². The normalized spacial score (nSPS) is 11.5. The highest BCUT2D eigenvalue weighted by molar-refractivity contribution is 7.15. The Kier molecular flexibility index (Phi) is 5.02. The Morgan fingerprint density at radius 1 is 1.41 bits per heavy atom. The van der Waals surface area contributed by atoms with E-state index in [0.29, 0.717) is 24.8 Å². The summed E-state index contributed by atoms with van der Waals surface area (Å²) in [6.45, 7) is 9.08. The van der Waals surface area contributed by atoms with Gasteiger partial charge in [-0.2, -0.15) is 0 Å². The quantitative estimate of drug-likeness (QED) is 0.880. The van der Waals surface area contributed by atoms with Crippen LogP contribution in [0.5, 0.6) is 0 Å². The maximum absolute atomic E-state index is 11.6. The van der Waals surface area contributed by atoms with Gasteiger partial charge in [0, 0.05) is 13.0 Å². The lowest BCUT2D eigenvalue weighted by Crippen LogP contribution is -2.19. The summed E-state index contributed by atoms with van der Waals surface area (Å²) in [5.41, 5.74) is -0.0249. The Hall–Kier alpha value is -1.01. The molecule has 0 aliphatic carbocycles. The molecule has 1 aromatic heterocycles. The fourth-order valence-corrected chi connectivity index (χ4v) is 1.89. The first-order valence-electron chi connectivity index (χ1n) is 5.60. The molecule has 0 saturated carbocycles. The van der Waals surface area contributed by atoms with Gasteiger partial charge in [0.15, 0.2) is 0 Å². The molecule has 0 unspecified atom stereocenters. The fourth-order valence-electron chi connectivity index (χ4n) is 1.20. The largest absolute Gasteiger partial charge is 0.374 e. The highest BCUT2D eigenvalue weighted by Crippen LogP contribution is 2.21. The van der Waals surface area contributed by atoms with E-state index in [0.717, 1.165) is 5.01 Å². The van der Waals surface area contributed by atoms with Crippen LogP contribution in [0.4, 0.5) is 5.13 Å². The average Bonchev–Trinajstić information content (AvgIpc) is 2.59. The summed E-state index contributed by atoms with van der Waals surface area (Å²) in [4.78, 5) is 11.6. The topological polar surface area (TPSA) is 64.1 Å². The molecule has 96 valence electrons. The van der Waals surface area contributed by atoms with Crippen molar-refractivity contribution in [2.75, 3.05) is 11.9 Å². The monoisotopic (exact) mass is 257 g/mol. The highest BCUT2D eigenvalue weighted by atomic mass is 32.1. The van der Waals surface area contributed by atoms with Crippen LogP contribution in [0.25, 0.3) is 0 Å². The molecule has 0 radical (unpaired) electrons. The molecule has 1 heterocycles. The first-order valence-corrected chi connectivity index (χ1v) is 6.42. The van der Waals surface area contributed by atoms with Crippen LogP contribution in [0.2, 0.25) is 0 Å². The van der Waals surface area contributed by atoms with Crippen molar-refractivity contribution >= 4 is 22.4 Å². The predicted octanol–water partition coefficient (Wildman–Crippen LogP) is 2.45. The van der Waals surface area contributed by atoms with Crippen molar-refractivity contribution in [1.29, 1.82) is 0 Å². The molecule has 1 N–H and O–H groups in total. The fraction of sp³-hybridized carbons (Fsp3) is 0.727. The van der Waals surface area contributed by atoms with Crippen LogP contribution in [0.15, 0.2) is 0 Å². The van der Waals surface area contributed by atoms with Crippen LogP contribution in [-0.2, 0) is 16.1 Å². The molecule has 17 heavy (non-hydrogen) atoms. The molecule has 0 aromatic carbocycles. The van der Waals surface area contributed by atoms with Gasteiger partial charge in [-0.25, -0.2) is 0 Å². The van der Waals surface area contributed by atoms with Gasteiger partial charge in [-0.05, 0) is 12.3 Å². The third-order valence-corrected chi connectivity index (χ3v) is 2.65. The van der Waals surface area contributed by atoms with Crippen LogP contribution in [0.3, 0.4) is 0 Å². The van der Waals surface area contributed by atoms with Crippen molar-refractivity contribution in [3.8, 4) is 0 Å². The van der Waals surface area contributed by atoms with Crippen molar-refractivity contribution in [2.45, 2.75) is 40.7 Å². The average molecular weight is 257 g/mol. The third-order valence-electron chi connectivity index (χ3n) is 1.83. The SMILES string of the molecule is CCOCc1nnc(NC(=O)CC(C)(C)C)s1. The maximum Gasteiger partial charge on any atom is 0.226 e. The molecule has 1 rings (SSSR count). The first-order chi connectivity index (χ1) is 7.90.